The van der Waals surface area contributed by atoms with E-state index in [1.807, 2.05) is 6.92 Å². The molecule has 0 amide bonds. The third-order valence-electron chi connectivity index (χ3n) is 4.20. The first-order chi connectivity index (χ1) is 10.5. The lowest BCUT2D eigenvalue weighted by atomic mass is 9.88. The third kappa shape index (κ3) is 8.20. The van der Waals surface area contributed by atoms with Gasteiger partial charge in [-0.2, -0.15) is 0 Å². The molecule has 128 valence electrons. The Morgan fingerprint density at radius 3 is 1.86 bits per heavy atom. The molecule has 0 saturated carbocycles. The molecule has 0 aromatic rings. The van der Waals surface area contributed by atoms with Crippen LogP contribution in [0.1, 0.15) is 85.0 Å². The van der Waals surface area contributed by atoms with Crippen molar-refractivity contribution in [3.8, 4) is 0 Å². The van der Waals surface area contributed by atoms with Gasteiger partial charge >= 0.3 is 11.9 Å². The summed E-state index contributed by atoms with van der Waals surface area (Å²) < 4.78 is 0. The van der Waals surface area contributed by atoms with Gasteiger partial charge < -0.3 is 10.2 Å². The highest BCUT2D eigenvalue weighted by Crippen LogP contribution is 2.26. The highest BCUT2D eigenvalue weighted by atomic mass is 16.4. The van der Waals surface area contributed by atoms with Crippen LogP contribution >= 0.6 is 0 Å². The minimum absolute atomic E-state index is 0.110. The monoisotopic (exact) mass is 312 g/mol. The number of carboxylic acid groups (broad SMARTS) is 2. The van der Waals surface area contributed by atoms with Crippen molar-refractivity contribution in [1.29, 1.82) is 0 Å². The van der Waals surface area contributed by atoms with Gasteiger partial charge in [-0.1, -0.05) is 65.7 Å². The van der Waals surface area contributed by atoms with E-state index in [2.05, 4.69) is 13.8 Å². The zero-order chi connectivity index (χ0) is 17.0. The predicted octanol–water partition coefficient (Wildman–Crippen LogP) is 5.03. The summed E-state index contributed by atoms with van der Waals surface area (Å²) in [6.07, 6.45) is 8.56. The van der Waals surface area contributed by atoms with Crippen molar-refractivity contribution in [3.63, 3.8) is 0 Å². The maximum Gasteiger partial charge on any atom is 0.332 e. The van der Waals surface area contributed by atoms with Gasteiger partial charge in [-0.05, 0) is 25.2 Å². The van der Waals surface area contributed by atoms with Crippen molar-refractivity contribution in [2.75, 3.05) is 0 Å². The second-order valence-electron chi connectivity index (χ2n) is 6.00. The van der Waals surface area contributed by atoms with E-state index in [4.69, 9.17) is 0 Å². The molecule has 0 aromatic carbocycles. The average Bonchev–Trinajstić information content (AvgIpc) is 2.48. The summed E-state index contributed by atoms with van der Waals surface area (Å²) in [6.45, 7) is 6.24. The van der Waals surface area contributed by atoms with Crippen LogP contribution < -0.4 is 0 Å². The van der Waals surface area contributed by atoms with E-state index >= 15 is 0 Å². The lowest BCUT2D eigenvalue weighted by Gasteiger charge is -2.17. The van der Waals surface area contributed by atoms with E-state index in [0.29, 0.717) is 12.8 Å². The predicted molar refractivity (Wildman–Crippen MR) is 89.0 cm³/mol. The molecule has 4 nitrogen and oxygen atoms in total. The summed E-state index contributed by atoms with van der Waals surface area (Å²) in [5.74, 6) is -1.88. The van der Waals surface area contributed by atoms with Crippen molar-refractivity contribution < 1.29 is 19.8 Å². The highest BCUT2D eigenvalue weighted by molar-refractivity contribution is 5.98. The summed E-state index contributed by atoms with van der Waals surface area (Å²) in [7, 11) is 0. The van der Waals surface area contributed by atoms with Crippen LogP contribution in [-0.2, 0) is 9.59 Å². The molecule has 0 aliphatic heterocycles. The number of unbranched alkanes of at least 4 members (excludes halogenated alkanes) is 4. The van der Waals surface area contributed by atoms with Gasteiger partial charge in [0.1, 0.15) is 0 Å². The summed E-state index contributed by atoms with van der Waals surface area (Å²) in [5, 5.41) is 18.8. The van der Waals surface area contributed by atoms with E-state index < -0.39 is 11.9 Å². The number of aliphatic carboxylic acids is 2. The average molecular weight is 312 g/mol. The van der Waals surface area contributed by atoms with Gasteiger partial charge in [0.05, 0.1) is 0 Å². The summed E-state index contributed by atoms with van der Waals surface area (Å²) in [5.41, 5.74) is 0.227. The van der Waals surface area contributed by atoms with Gasteiger partial charge in [-0.15, -0.1) is 0 Å². The van der Waals surface area contributed by atoms with Crippen LogP contribution in [0.5, 0.6) is 0 Å². The number of carbonyl (C=O) groups is 2. The number of hydrogen-bond acceptors (Lipinski definition) is 2. The van der Waals surface area contributed by atoms with Crippen molar-refractivity contribution in [1.82, 2.24) is 0 Å². The van der Waals surface area contributed by atoms with E-state index in [-0.39, 0.29) is 17.1 Å². The van der Waals surface area contributed by atoms with Crippen LogP contribution in [0.3, 0.4) is 0 Å². The molecule has 1 atom stereocenters. The topological polar surface area (TPSA) is 74.6 Å². The Hall–Kier alpha value is -1.32. The third-order valence-corrected chi connectivity index (χ3v) is 4.20. The number of carboxylic acids is 2. The molecular formula is C18H32O4. The van der Waals surface area contributed by atoms with Gasteiger partial charge in [-0.3, -0.25) is 0 Å². The molecule has 0 aromatic heterocycles. The van der Waals surface area contributed by atoms with Crippen LogP contribution in [0.25, 0.3) is 0 Å². The van der Waals surface area contributed by atoms with Crippen molar-refractivity contribution in [2.24, 2.45) is 5.92 Å². The molecule has 22 heavy (non-hydrogen) atoms. The Labute approximate surface area is 134 Å². The van der Waals surface area contributed by atoms with E-state index in [9.17, 15) is 19.8 Å². The Bertz CT molecular complexity index is 371. The zero-order valence-corrected chi connectivity index (χ0v) is 14.4. The fraction of sp³-hybridized carbons (Fsp3) is 0.778. The second-order valence-corrected chi connectivity index (χ2v) is 6.00. The summed E-state index contributed by atoms with van der Waals surface area (Å²) >= 11 is 0. The van der Waals surface area contributed by atoms with Gasteiger partial charge in [0.15, 0.2) is 0 Å². The Morgan fingerprint density at radius 2 is 1.41 bits per heavy atom. The van der Waals surface area contributed by atoms with Crippen LogP contribution in [0.2, 0.25) is 0 Å². The maximum absolute atomic E-state index is 11.5. The quantitative estimate of drug-likeness (QED) is 0.369. The van der Waals surface area contributed by atoms with Crippen molar-refractivity contribution >= 4 is 11.9 Å². The minimum atomic E-state index is -1.07. The molecule has 0 bridgehead atoms. The molecule has 0 fully saturated rings. The van der Waals surface area contributed by atoms with E-state index in [1.54, 1.807) is 0 Å². The second kappa shape index (κ2) is 12.2. The molecular weight excluding hydrogens is 280 g/mol. The first-order valence-corrected chi connectivity index (χ1v) is 8.66. The fourth-order valence-corrected chi connectivity index (χ4v) is 2.69. The Morgan fingerprint density at radius 1 is 0.818 bits per heavy atom. The first-order valence-electron chi connectivity index (χ1n) is 8.66. The maximum atomic E-state index is 11.5. The van der Waals surface area contributed by atoms with Gasteiger partial charge in [0, 0.05) is 11.1 Å². The number of rotatable bonds is 13. The van der Waals surface area contributed by atoms with Crippen LogP contribution in [0.15, 0.2) is 11.1 Å². The summed E-state index contributed by atoms with van der Waals surface area (Å²) in [6, 6.07) is 0. The van der Waals surface area contributed by atoms with Crippen LogP contribution in [-0.4, -0.2) is 22.2 Å². The molecule has 0 aliphatic carbocycles. The summed E-state index contributed by atoms with van der Waals surface area (Å²) in [4.78, 5) is 23.0. The molecule has 0 spiro atoms. The Balaban J connectivity index is 5.05. The minimum Gasteiger partial charge on any atom is -0.478 e. The largest absolute Gasteiger partial charge is 0.478 e. The molecule has 0 rings (SSSR count). The van der Waals surface area contributed by atoms with Crippen LogP contribution in [0.4, 0.5) is 0 Å². The molecule has 1 unspecified atom stereocenters. The van der Waals surface area contributed by atoms with Gasteiger partial charge in [-0.25, -0.2) is 9.59 Å². The molecule has 0 radical (unpaired) electrons. The lowest BCUT2D eigenvalue weighted by Crippen LogP contribution is -2.15. The molecule has 0 aliphatic rings. The van der Waals surface area contributed by atoms with Crippen molar-refractivity contribution in [2.45, 2.75) is 85.0 Å². The highest BCUT2D eigenvalue weighted by Gasteiger charge is 2.22. The molecule has 2 N–H and O–H groups in total. The molecule has 0 saturated heterocycles. The van der Waals surface area contributed by atoms with Gasteiger partial charge in [0.25, 0.3) is 0 Å². The zero-order valence-electron chi connectivity index (χ0n) is 14.4. The number of hydrogen-bond donors (Lipinski definition) is 2. The van der Waals surface area contributed by atoms with Gasteiger partial charge in [0.2, 0.25) is 0 Å². The van der Waals surface area contributed by atoms with E-state index in [1.165, 1.54) is 0 Å². The van der Waals surface area contributed by atoms with E-state index in [0.717, 1.165) is 51.4 Å². The standard InChI is InChI=1S/C18H32O4/c1-4-7-9-10-12-15(17(19)20)16(18(21)22)13-14(6-3)11-8-5-2/h14H,4-13H2,1-3H3,(H,19,20)(H,21,22)/b16-15-. The van der Waals surface area contributed by atoms with Crippen molar-refractivity contribution in [3.05, 3.63) is 11.1 Å². The smallest absolute Gasteiger partial charge is 0.332 e. The normalized spacial score (nSPS) is 13.6. The lowest BCUT2D eigenvalue weighted by molar-refractivity contribution is -0.136. The first kappa shape index (κ1) is 20.7. The molecule has 4 heteroatoms. The molecule has 0 heterocycles. The van der Waals surface area contributed by atoms with Crippen LogP contribution in [0, 0.1) is 5.92 Å². The SMILES string of the molecule is CCCCCC/C(C(=O)O)=C(\CC(CC)CCCC)C(=O)O. The Kier molecular flexibility index (Phi) is 11.5. The fourth-order valence-electron chi connectivity index (χ4n) is 2.69.